The van der Waals surface area contributed by atoms with Gasteiger partial charge >= 0.3 is 6.18 Å². The zero-order valence-electron chi connectivity index (χ0n) is 10.5. The maximum absolute atomic E-state index is 12.8. The first-order valence-electron chi connectivity index (χ1n) is 5.86. The molecule has 1 nitrogen and oxygen atoms in total. The van der Waals surface area contributed by atoms with Crippen LogP contribution in [0.4, 0.5) is 13.2 Å². The largest absolute Gasteiger partial charge is 0.412 e. The van der Waals surface area contributed by atoms with E-state index in [1.54, 1.807) is 0 Å². The molecule has 4 heteroatoms. The summed E-state index contributed by atoms with van der Waals surface area (Å²) in [5.41, 5.74) is -1.62. The maximum Gasteiger partial charge on any atom is 0.412 e. The normalized spacial score (nSPS) is 38.8. The number of allylic oxidation sites excluding steroid dienone is 2. The van der Waals surface area contributed by atoms with Crippen LogP contribution in [0.15, 0.2) is 11.1 Å². The molecule has 0 aliphatic heterocycles. The number of carbonyl (C=O) groups excluding carboxylic acids is 1. The maximum atomic E-state index is 12.8. The van der Waals surface area contributed by atoms with Crippen molar-refractivity contribution < 1.29 is 18.0 Å². The van der Waals surface area contributed by atoms with E-state index < -0.39 is 17.2 Å². The fourth-order valence-electron chi connectivity index (χ4n) is 3.45. The minimum absolute atomic E-state index is 0.0382. The van der Waals surface area contributed by atoms with Crippen molar-refractivity contribution in [2.75, 3.05) is 0 Å². The van der Waals surface area contributed by atoms with E-state index in [4.69, 9.17) is 0 Å². The average molecular weight is 246 g/mol. The van der Waals surface area contributed by atoms with Crippen LogP contribution in [0.1, 0.15) is 40.5 Å². The van der Waals surface area contributed by atoms with Gasteiger partial charge in [0.05, 0.1) is 0 Å². The summed E-state index contributed by atoms with van der Waals surface area (Å²) in [6.45, 7) is 6.68. The lowest BCUT2D eigenvalue weighted by atomic mass is 9.70. The second-order valence-corrected chi connectivity index (χ2v) is 6.01. The molecule has 0 aromatic heterocycles. The first kappa shape index (κ1) is 12.7. The predicted octanol–water partition coefficient (Wildman–Crippen LogP) is 3.89. The molecule has 2 fully saturated rings. The van der Waals surface area contributed by atoms with Gasteiger partial charge in [0.2, 0.25) is 0 Å². The molecule has 2 saturated carbocycles. The Labute approximate surface area is 99.1 Å². The highest BCUT2D eigenvalue weighted by atomic mass is 19.4. The first-order valence-corrected chi connectivity index (χ1v) is 5.86. The van der Waals surface area contributed by atoms with Gasteiger partial charge < -0.3 is 0 Å². The molecule has 0 N–H and O–H groups in total. The summed E-state index contributed by atoms with van der Waals surface area (Å²) in [4.78, 5) is 12.2. The van der Waals surface area contributed by atoms with Crippen molar-refractivity contribution in [2.45, 2.75) is 46.7 Å². The summed E-state index contributed by atoms with van der Waals surface area (Å²) in [6, 6.07) is 0. The second kappa shape index (κ2) is 3.15. The molecule has 2 atom stereocenters. The van der Waals surface area contributed by atoms with E-state index in [9.17, 15) is 18.0 Å². The number of fused-ring (bicyclic) bond motifs is 2. The molecule has 0 radical (unpaired) electrons. The van der Waals surface area contributed by atoms with E-state index in [1.807, 2.05) is 20.8 Å². The number of Topliss-reactive ketones (excluding diaryl/α,β-unsaturated/α-hetero) is 1. The zero-order chi connectivity index (χ0) is 13.2. The number of carbonyl (C=O) groups is 1. The first-order chi connectivity index (χ1) is 7.53. The van der Waals surface area contributed by atoms with Gasteiger partial charge in [-0.1, -0.05) is 20.8 Å². The fourth-order valence-corrected chi connectivity index (χ4v) is 3.45. The Bertz CT molecular complexity index is 417. The minimum Gasteiger partial charge on any atom is -0.294 e. The number of rotatable bonds is 0. The van der Waals surface area contributed by atoms with Crippen molar-refractivity contribution in [3.63, 3.8) is 0 Å². The number of halogens is 3. The lowest BCUT2D eigenvalue weighted by molar-refractivity contribution is -0.126. The molecule has 96 valence electrons. The molecule has 0 aromatic rings. The van der Waals surface area contributed by atoms with Crippen molar-refractivity contribution in [2.24, 2.45) is 16.7 Å². The molecule has 2 bridgehead atoms. The third-order valence-electron chi connectivity index (χ3n) is 5.15. The van der Waals surface area contributed by atoms with Crippen LogP contribution in [0, 0.1) is 16.7 Å². The molecule has 0 saturated heterocycles. The van der Waals surface area contributed by atoms with Crippen LogP contribution in [0.3, 0.4) is 0 Å². The Morgan fingerprint density at radius 1 is 1.29 bits per heavy atom. The van der Waals surface area contributed by atoms with Crippen LogP contribution in [0.25, 0.3) is 0 Å². The van der Waals surface area contributed by atoms with Gasteiger partial charge in [-0.15, -0.1) is 0 Å². The Morgan fingerprint density at radius 2 is 1.82 bits per heavy atom. The van der Waals surface area contributed by atoms with Gasteiger partial charge in [0.25, 0.3) is 0 Å². The van der Waals surface area contributed by atoms with Crippen LogP contribution in [0.5, 0.6) is 0 Å². The van der Waals surface area contributed by atoms with Crippen molar-refractivity contribution in [1.82, 2.24) is 0 Å². The summed E-state index contributed by atoms with van der Waals surface area (Å²) < 4.78 is 38.3. The monoisotopic (exact) mass is 246 g/mol. The lowest BCUT2D eigenvalue weighted by Gasteiger charge is -2.31. The summed E-state index contributed by atoms with van der Waals surface area (Å²) >= 11 is 0. The van der Waals surface area contributed by atoms with Crippen molar-refractivity contribution >= 4 is 5.78 Å². The molecule has 2 aliphatic carbocycles. The Morgan fingerprint density at radius 3 is 2.18 bits per heavy atom. The molecule has 0 spiro atoms. The summed E-state index contributed by atoms with van der Waals surface area (Å²) in [5, 5.41) is 0. The van der Waals surface area contributed by atoms with E-state index in [0.717, 1.165) is 6.92 Å². The highest BCUT2D eigenvalue weighted by molar-refractivity contribution is 6.05. The van der Waals surface area contributed by atoms with E-state index in [1.165, 1.54) is 0 Å². The van der Waals surface area contributed by atoms with E-state index in [2.05, 4.69) is 0 Å². The molecule has 17 heavy (non-hydrogen) atoms. The van der Waals surface area contributed by atoms with Gasteiger partial charge in [-0.3, -0.25) is 4.79 Å². The standard InChI is InChI=1S/C13H17F3O/c1-7(13(14,15)16)9-8-5-6-12(4,10(9)17)11(8,2)3/h8H,5-6H2,1-4H3/b9-7+. The number of hydrogen-bond donors (Lipinski definition) is 0. The third-order valence-corrected chi connectivity index (χ3v) is 5.15. The lowest BCUT2D eigenvalue weighted by Crippen LogP contribution is -2.32. The van der Waals surface area contributed by atoms with Crippen LogP contribution in [-0.4, -0.2) is 12.0 Å². The second-order valence-electron chi connectivity index (χ2n) is 6.01. The molecular weight excluding hydrogens is 229 g/mol. The SMILES string of the molecule is C/C(=C1\C(=O)C2(C)CCC1C2(C)C)C(F)(F)F. The van der Waals surface area contributed by atoms with Crippen LogP contribution >= 0.6 is 0 Å². The van der Waals surface area contributed by atoms with Gasteiger partial charge in [-0.2, -0.15) is 13.2 Å². The quantitative estimate of drug-likeness (QED) is 0.592. The van der Waals surface area contributed by atoms with E-state index in [-0.39, 0.29) is 22.7 Å². The van der Waals surface area contributed by atoms with Crippen LogP contribution in [0.2, 0.25) is 0 Å². The van der Waals surface area contributed by atoms with Gasteiger partial charge in [0, 0.05) is 16.6 Å². The average Bonchev–Trinajstić information content (AvgIpc) is 2.47. The Hall–Kier alpha value is -0.800. The van der Waals surface area contributed by atoms with Crippen molar-refractivity contribution in [1.29, 1.82) is 0 Å². The molecule has 0 aromatic carbocycles. The van der Waals surface area contributed by atoms with Crippen LogP contribution in [-0.2, 0) is 4.79 Å². The molecule has 2 unspecified atom stereocenters. The minimum atomic E-state index is -4.39. The Balaban J connectivity index is 2.60. The number of hydrogen-bond acceptors (Lipinski definition) is 1. The zero-order valence-corrected chi connectivity index (χ0v) is 10.5. The number of ketones is 1. The van der Waals surface area contributed by atoms with Gasteiger partial charge in [0.1, 0.15) is 0 Å². The Kier molecular flexibility index (Phi) is 2.34. The molecule has 2 aliphatic rings. The van der Waals surface area contributed by atoms with Crippen molar-refractivity contribution in [3.05, 3.63) is 11.1 Å². The van der Waals surface area contributed by atoms with E-state index in [0.29, 0.717) is 12.8 Å². The van der Waals surface area contributed by atoms with E-state index >= 15 is 0 Å². The highest BCUT2D eigenvalue weighted by Gasteiger charge is 2.65. The summed E-state index contributed by atoms with van der Waals surface area (Å²) in [6.07, 6.45) is -2.99. The topological polar surface area (TPSA) is 17.1 Å². The van der Waals surface area contributed by atoms with Gasteiger partial charge in [-0.25, -0.2) is 0 Å². The summed E-state index contributed by atoms with van der Waals surface area (Å²) in [5.74, 6) is -0.518. The number of alkyl halides is 3. The third kappa shape index (κ3) is 1.36. The van der Waals surface area contributed by atoms with Crippen LogP contribution < -0.4 is 0 Å². The highest BCUT2D eigenvalue weighted by Crippen LogP contribution is 2.66. The van der Waals surface area contributed by atoms with Gasteiger partial charge in [0.15, 0.2) is 5.78 Å². The molecule has 0 heterocycles. The smallest absolute Gasteiger partial charge is 0.294 e. The van der Waals surface area contributed by atoms with Gasteiger partial charge in [-0.05, 0) is 31.1 Å². The predicted molar refractivity (Wildman–Crippen MR) is 58.4 cm³/mol. The summed E-state index contributed by atoms with van der Waals surface area (Å²) in [7, 11) is 0. The molecular formula is C13H17F3O. The molecule has 2 rings (SSSR count). The molecule has 0 amide bonds. The van der Waals surface area contributed by atoms with Crippen molar-refractivity contribution in [3.8, 4) is 0 Å². The fraction of sp³-hybridized carbons (Fsp3) is 0.769.